The number of allylic oxidation sites excluding steroid dienone is 2. The minimum atomic E-state index is -0.0764. The Morgan fingerprint density at radius 1 is 1.60 bits per heavy atom. The molecular formula is C7H10N2O. The number of amides is 2. The van der Waals surface area contributed by atoms with Crippen LogP contribution >= 0.6 is 0 Å². The molecule has 1 heterocycles. The molecule has 1 rings (SSSR count). The van der Waals surface area contributed by atoms with E-state index in [1.165, 1.54) is 0 Å². The summed E-state index contributed by atoms with van der Waals surface area (Å²) in [5, 5.41) is 2.59. The van der Waals surface area contributed by atoms with Gasteiger partial charge in [0, 0.05) is 18.9 Å². The van der Waals surface area contributed by atoms with E-state index < -0.39 is 0 Å². The van der Waals surface area contributed by atoms with Crippen LogP contribution in [0.15, 0.2) is 24.6 Å². The van der Waals surface area contributed by atoms with Crippen molar-refractivity contribution in [3.8, 4) is 0 Å². The molecule has 0 unspecified atom stereocenters. The molecule has 10 heavy (non-hydrogen) atoms. The van der Waals surface area contributed by atoms with E-state index in [1.807, 2.05) is 13.0 Å². The van der Waals surface area contributed by atoms with Crippen molar-refractivity contribution < 1.29 is 4.79 Å². The Hall–Kier alpha value is -1.25. The SMILES string of the molecule is CCN1C=CC=CNC1=O. The van der Waals surface area contributed by atoms with Crippen molar-refractivity contribution in [2.45, 2.75) is 6.92 Å². The number of hydrogen-bond acceptors (Lipinski definition) is 1. The smallest absolute Gasteiger partial charge is 0.314 e. The summed E-state index contributed by atoms with van der Waals surface area (Å²) in [7, 11) is 0. The number of nitrogens with one attached hydrogen (secondary N) is 1. The van der Waals surface area contributed by atoms with Crippen molar-refractivity contribution >= 4 is 6.03 Å². The van der Waals surface area contributed by atoms with Gasteiger partial charge < -0.3 is 10.2 Å². The van der Waals surface area contributed by atoms with Crippen molar-refractivity contribution in [3.05, 3.63) is 24.6 Å². The van der Waals surface area contributed by atoms with Gasteiger partial charge in [-0.1, -0.05) is 0 Å². The van der Waals surface area contributed by atoms with E-state index in [1.54, 1.807) is 23.4 Å². The molecule has 0 spiro atoms. The van der Waals surface area contributed by atoms with Gasteiger partial charge in [-0.15, -0.1) is 0 Å². The summed E-state index contributed by atoms with van der Waals surface area (Å²) in [6, 6.07) is -0.0764. The molecule has 1 aliphatic heterocycles. The maximum atomic E-state index is 11.0. The van der Waals surface area contributed by atoms with Crippen molar-refractivity contribution in [2.75, 3.05) is 6.54 Å². The highest BCUT2D eigenvalue weighted by Gasteiger charge is 2.05. The molecule has 0 radical (unpaired) electrons. The summed E-state index contributed by atoms with van der Waals surface area (Å²) in [4.78, 5) is 12.6. The topological polar surface area (TPSA) is 32.3 Å². The van der Waals surface area contributed by atoms with Gasteiger partial charge in [-0.05, 0) is 19.1 Å². The lowest BCUT2D eigenvalue weighted by Crippen LogP contribution is -2.32. The summed E-state index contributed by atoms with van der Waals surface area (Å²) >= 11 is 0. The largest absolute Gasteiger partial charge is 0.325 e. The maximum Gasteiger partial charge on any atom is 0.325 e. The first-order valence-corrected chi connectivity index (χ1v) is 3.25. The molecule has 0 aromatic carbocycles. The van der Waals surface area contributed by atoms with Gasteiger partial charge in [-0.3, -0.25) is 0 Å². The first kappa shape index (κ1) is 6.86. The van der Waals surface area contributed by atoms with E-state index in [9.17, 15) is 4.79 Å². The molecule has 1 aliphatic rings. The van der Waals surface area contributed by atoms with Gasteiger partial charge in [-0.2, -0.15) is 0 Å². The summed E-state index contributed by atoms with van der Waals surface area (Å²) < 4.78 is 0. The zero-order valence-corrected chi connectivity index (χ0v) is 5.87. The van der Waals surface area contributed by atoms with Gasteiger partial charge in [0.25, 0.3) is 0 Å². The van der Waals surface area contributed by atoms with Gasteiger partial charge >= 0.3 is 6.03 Å². The lowest BCUT2D eigenvalue weighted by molar-refractivity contribution is 0.221. The number of carbonyl (C=O) groups is 1. The third kappa shape index (κ3) is 1.37. The number of rotatable bonds is 1. The van der Waals surface area contributed by atoms with Crippen LogP contribution < -0.4 is 5.32 Å². The van der Waals surface area contributed by atoms with Crippen LogP contribution in [0.1, 0.15) is 6.92 Å². The summed E-state index contributed by atoms with van der Waals surface area (Å²) in [5.74, 6) is 0. The molecule has 1 N–H and O–H groups in total. The molecule has 3 nitrogen and oxygen atoms in total. The molecule has 0 aromatic rings. The van der Waals surface area contributed by atoms with Crippen LogP contribution in [0.4, 0.5) is 4.79 Å². The highest BCUT2D eigenvalue weighted by atomic mass is 16.2. The molecule has 0 fully saturated rings. The highest BCUT2D eigenvalue weighted by molar-refractivity contribution is 5.76. The predicted molar refractivity (Wildman–Crippen MR) is 39.2 cm³/mol. The Labute approximate surface area is 60.0 Å². The van der Waals surface area contributed by atoms with Crippen LogP contribution in [-0.4, -0.2) is 17.5 Å². The summed E-state index contributed by atoms with van der Waals surface area (Å²) in [5.41, 5.74) is 0. The fourth-order valence-electron chi connectivity index (χ4n) is 0.728. The molecule has 2 amide bonds. The van der Waals surface area contributed by atoms with Crippen LogP contribution in [0.2, 0.25) is 0 Å². The molecule has 0 aliphatic carbocycles. The Morgan fingerprint density at radius 3 is 3.10 bits per heavy atom. The molecule has 54 valence electrons. The first-order chi connectivity index (χ1) is 4.84. The minimum Gasteiger partial charge on any atom is -0.314 e. The number of nitrogens with zero attached hydrogens (tertiary/aromatic N) is 1. The predicted octanol–water partition coefficient (Wildman–Crippen LogP) is 1.06. The van der Waals surface area contributed by atoms with Crippen LogP contribution in [0.25, 0.3) is 0 Å². The summed E-state index contributed by atoms with van der Waals surface area (Å²) in [6.07, 6.45) is 6.97. The van der Waals surface area contributed by atoms with Gasteiger partial charge in [0.1, 0.15) is 0 Å². The zero-order chi connectivity index (χ0) is 7.40. The zero-order valence-electron chi connectivity index (χ0n) is 5.87. The average molecular weight is 138 g/mol. The van der Waals surface area contributed by atoms with E-state index in [0.717, 1.165) is 0 Å². The minimum absolute atomic E-state index is 0.0764. The second-order valence-corrected chi connectivity index (χ2v) is 1.94. The molecular weight excluding hydrogens is 128 g/mol. The van der Waals surface area contributed by atoms with Crippen LogP contribution in [0.5, 0.6) is 0 Å². The third-order valence-electron chi connectivity index (χ3n) is 1.28. The summed E-state index contributed by atoms with van der Waals surface area (Å²) in [6.45, 7) is 2.62. The Balaban J connectivity index is 2.66. The fraction of sp³-hybridized carbons (Fsp3) is 0.286. The lowest BCUT2D eigenvalue weighted by Gasteiger charge is -2.12. The highest BCUT2D eigenvalue weighted by Crippen LogP contribution is 1.94. The third-order valence-corrected chi connectivity index (χ3v) is 1.28. The van der Waals surface area contributed by atoms with Crippen molar-refractivity contribution in [2.24, 2.45) is 0 Å². The van der Waals surface area contributed by atoms with E-state index >= 15 is 0 Å². The van der Waals surface area contributed by atoms with E-state index in [4.69, 9.17) is 0 Å². The standard InChI is InChI=1S/C7H10N2O/c1-2-9-6-4-3-5-8-7(9)10/h3-6H,2H2,1H3,(H,8,10). The van der Waals surface area contributed by atoms with Gasteiger partial charge in [-0.25, -0.2) is 4.79 Å². The normalized spacial score (nSPS) is 16.9. The Bertz CT molecular complexity index is 184. The molecule has 0 bridgehead atoms. The number of carbonyl (C=O) groups excluding carboxylic acids is 1. The second kappa shape index (κ2) is 3.06. The average Bonchev–Trinajstić information content (AvgIpc) is 2.13. The van der Waals surface area contributed by atoms with Crippen molar-refractivity contribution in [1.29, 1.82) is 0 Å². The molecule has 0 saturated carbocycles. The van der Waals surface area contributed by atoms with E-state index in [0.29, 0.717) is 6.54 Å². The first-order valence-electron chi connectivity index (χ1n) is 3.25. The van der Waals surface area contributed by atoms with Crippen LogP contribution in [0, 0.1) is 0 Å². The van der Waals surface area contributed by atoms with Gasteiger partial charge in [0.05, 0.1) is 0 Å². The monoisotopic (exact) mass is 138 g/mol. The van der Waals surface area contributed by atoms with Crippen LogP contribution in [0.3, 0.4) is 0 Å². The molecule has 0 aromatic heterocycles. The van der Waals surface area contributed by atoms with E-state index in [-0.39, 0.29) is 6.03 Å². The number of urea groups is 1. The van der Waals surface area contributed by atoms with Crippen molar-refractivity contribution in [3.63, 3.8) is 0 Å². The second-order valence-electron chi connectivity index (χ2n) is 1.94. The Morgan fingerprint density at radius 2 is 2.40 bits per heavy atom. The van der Waals surface area contributed by atoms with E-state index in [2.05, 4.69) is 5.32 Å². The Kier molecular flexibility index (Phi) is 2.10. The van der Waals surface area contributed by atoms with Crippen molar-refractivity contribution in [1.82, 2.24) is 10.2 Å². The molecule has 3 heteroatoms. The number of hydrogen-bond donors (Lipinski definition) is 1. The lowest BCUT2D eigenvalue weighted by atomic mass is 10.5. The molecule has 0 atom stereocenters. The quantitative estimate of drug-likeness (QED) is 0.577. The van der Waals surface area contributed by atoms with Gasteiger partial charge in [0.15, 0.2) is 0 Å². The fourth-order valence-corrected chi connectivity index (χ4v) is 0.728. The van der Waals surface area contributed by atoms with Crippen LogP contribution in [-0.2, 0) is 0 Å². The molecule has 0 saturated heterocycles. The maximum absolute atomic E-state index is 11.0. The van der Waals surface area contributed by atoms with Gasteiger partial charge in [0.2, 0.25) is 0 Å².